The van der Waals surface area contributed by atoms with E-state index in [-0.39, 0.29) is 34.7 Å². The van der Waals surface area contributed by atoms with E-state index in [1.54, 1.807) is 14.1 Å². The summed E-state index contributed by atoms with van der Waals surface area (Å²) in [5.41, 5.74) is 0. The lowest BCUT2D eigenvalue weighted by Crippen LogP contribution is -2.52. The molecule has 0 aliphatic heterocycles. The molecule has 0 radical (unpaired) electrons. The summed E-state index contributed by atoms with van der Waals surface area (Å²) in [4.78, 5) is 0. The van der Waals surface area contributed by atoms with Crippen molar-refractivity contribution < 1.29 is 60.8 Å². The smallest absolute Gasteiger partial charge is 0.328 e. The highest BCUT2D eigenvalue weighted by atomic mass is 32.2. The van der Waals surface area contributed by atoms with Crippen LogP contribution >= 0.6 is 0 Å². The molecular formula is C13H26F5N2O8S3+. The number of quaternary nitrogens is 1. The van der Waals surface area contributed by atoms with E-state index in [0.29, 0.717) is 0 Å². The standard InChI is InChI=1S/C13H25F5N2O8S3/c1-20(2,9-5-11-30(24,25)26)8-3-6-19(7-4-10-29(21,22)23)31(27,28)13(17,18)12(14,15)16/h3-11H2,1-2H3,(H-,21,22,23,24,25,26)/p+1. The lowest BCUT2D eigenvalue weighted by Gasteiger charge is -2.32. The fraction of sp³-hybridized carbons (Fsp3) is 1.00. The summed E-state index contributed by atoms with van der Waals surface area (Å²) in [6.45, 7) is -1.62. The Balaban J connectivity index is 5.33. The highest BCUT2D eigenvalue weighted by molar-refractivity contribution is 7.90. The van der Waals surface area contributed by atoms with Gasteiger partial charge in [0.1, 0.15) is 0 Å². The Labute approximate surface area is 178 Å². The third kappa shape index (κ3) is 10.7. The molecule has 0 saturated heterocycles. The molecule has 0 aromatic heterocycles. The average Bonchev–Trinajstić information content (AvgIpc) is 2.49. The fourth-order valence-corrected chi connectivity index (χ4v) is 4.89. The van der Waals surface area contributed by atoms with Gasteiger partial charge in [-0.05, 0) is 6.42 Å². The molecule has 0 unspecified atom stereocenters. The Morgan fingerprint density at radius 1 is 0.742 bits per heavy atom. The van der Waals surface area contributed by atoms with Gasteiger partial charge in [0.15, 0.2) is 0 Å². The van der Waals surface area contributed by atoms with Crippen LogP contribution in [0.15, 0.2) is 0 Å². The summed E-state index contributed by atoms with van der Waals surface area (Å²) in [6, 6.07) is 0. The number of alkyl halides is 5. The first-order valence-electron chi connectivity index (χ1n) is 8.68. The molecule has 0 aliphatic carbocycles. The van der Waals surface area contributed by atoms with Crippen molar-refractivity contribution in [3.8, 4) is 0 Å². The van der Waals surface area contributed by atoms with Crippen molar-refractivity contribution in [2.24, 2.45) is 0 Å². The Bertz CT molecular complexity index is 902. The first-order chi connectivity index (χ1) is 13.5. The van der Waals surface area contributed by atoms with Gasteiger partial charge in [-0.1, -0.05) is 0 Å². The zero-order chi connectivity index (χ0) is 24.9. The maximum Gasteiger partial charge on any atom is 0.470 e. The van der Waals surface area contributed by atoms with Gasteiger partial charge in [0.2, 0.25) is 0 Å². The first-order valence-corrected chi connectivity index (χ1v) is 13.3. The molecule has 0 fully saturated rings. The second-order valence-electron chi connectivity index (χ2n) is 7.43. The summed E-state index contributed by atoms with van der Waals surface area (Å²) < 4.78 is 149. The average molecular weight is 530 g/mol. The van der Waals surface area contributed by atoms with Crippen molar-refractivity contribution in [2.45, 2.75) is 30.7 Å². The number of rotatable bonds is 14. The molecule has 0 heterocycles. The van der Waals surface area contributed by atoms with E-state index in [2.05, 4.69) is 0 Å². The third-order valence-electron chi connectivity index (χ3n) is 4.14. The number of hydrogen-bond acceptors (Lipinski definition) is 6. The van der Waals surface area contributed by atoms with E-state index in [4.69, 9.17) is 9.11 Å². The van der Waals surface area contributed by atoms with Crippen molar-refractivity contribution in [1.29, 1.82) is 0 Å². The predicted octanol–water partition coefficient (Wildman–Crippen LogP) is 0.796. The largest absolute Gasteiger partial charge is 0.470 e. The number of nitrogens with zero attached hydrogens (tertiary/aromatic N) is 2. The summed E-state index contributed by atoms with van der Waals surface area (Å²) in [7, 11) is -11.9. The lowest BCUT2D eigenvalue weighted by atomic mass is 10.3. The minimum atomic E-state index is -6.40. The normalized spacial score (nSPS) is 14.9. The molecule has 0 aliphatic rings. The van der Waals surface area contributed by atoms with Crippen LogP contribution < -0.4 is 0 Å². The van der Waals surface area contributed by atoms with Crippen LogP contribution in [0.4, 0.5) is 22.0 Å². The van der Waals surface area contributed by atoms with Gasteiger partial charge in [-0.3, -0.25) is 9.11 Å². The SMILES string of the molecule is C[N+](C)(CCCN(CCCS(=O)(=O)O)S(=O)(=O)C(F)(F)C(F)(F)F)CCCS(=O)(=O)O. The van der Waals surface area contributed by atoms with Gasteiger partial charge in [-0.15, -0.1) is 0 Å². The maximum atomic E-state index is 13.6. The van der Waals surface area contributed by atoms with Crippen LogP contribution in [-0.2, 0) is 30.3 Å². The topological polar surface area (TPSA) is 146 Å². The van der Waals surface area contributed by atoms with Gasteiger partial charge in [-0.25, -0.2) is 8.42 Å². The Morgan fingerprint density at radius 3 is 1.55 bits per heavy atom. The van der Waals surface area contributed by atoms with Crippen molar-refractivity contribution in [3.63, 3.8) is 0 Å². The van der Waals surface area contributed by atoms with Crippen LogP contribution in [0.3, 0.4) is 0 Å². The van der Waals surface area contributed by atoms with Gasteiger partial charge in [0.25, 0.3) is 30.3 Å². The van der Waals surface area contributed by atoms with Crippen molar-refractivity contribution in [2.75, 3.05) is 51.8 Å². The van der Waals surface area contributed by atoms with E-state index in [1.807, 2.05) is 0 Å². The van der Waals surface area contributed by atoms with E-state index < -0.39 is 72.7 Å². The van der Waals surface area contributed by atoms with E-state index in [9.17, 15) is 47.2 Å². The lowest BCUT2D eigenvalue weighted by molar-refractivity contribution is -0.890. The molecule has 18 heteroatoms. The van der Waals surface area contributed by atoms with Crippen molar-refractivity contribution >= 4 is 30.3 Å². The summed E-state index contributed by atoms with van der Waals surface area (Å²) in [6.07, 6.45) is -7.34. The summed E-state index contributed by atoms with van der Waals surface area (Å²) in [5, 5.41) is -6.11. The summed E-state index contributed by atoms with van der Waals surface area (Å²) >= 11 is 0. The Kier molecular flexibility index (Phi) is 10.3. The van der Waals surface area contributed by atoms with Gasteiger partial charge in [0, 0.05) is 25.9 Å². The van der Waals surface area contributed by atoms with E-state index in [0.717, 1.165) is 0 Å². The maximum absolute atomic E-state index is 13.6. The molecule has 188 valence electrons. The summed E-state index contributed by atoms with van der Waals surface area (Å²) in [5.74, 6) is -1.60. The molecule has 0 rings (SSSR count). The molecule has 0 bridgehead atoms. The molecule has 0 spiro atoms. The van der Waals surface area contributed by atoms with Crippen LogP contribution in [0.5, 0.6) is 0 Å². The Morgan fingerprint density at radius 2 is 1.13 bits per heavy atom. The number of hydrogen-bond donors (Lipinski definition) is 2. The molecule has 0 amide bonds. The molecule has 2 N–H and O–H groups in total. The first kappa shape index (κ1) is 30.3. The van der Waals surface area contributed by atoms with Crippen LogP contribution in [0.2, 0.25) is 0 Å². The van der Waals surface area contributed by atoms with Gasteiger partial charge < -0.3 is 4.48 Å². The van der Waals surface area contributed by atoms with Crippen molar-refractivity contribution in [3.05, 3.63) is 0 Å². The predicted molar refractivity (Wildman–Crippen MR) is 100 cm³/mol. The van der Waals surface area contributed by atoms with E-state index in [1.165, 1.54) is 0 Å². The second kappa shape index (κ2) is 10.5. The molecule has 0 saturated carbocycles. The third-order valence-corrected chi connectivity index (χ3v) is 7.67. The molecule has 0 aromatic carbocycles. The van der Waals surface area contributed by atoms with Crippen LogP contribution in [-0.4, -0.2) is 106 Å². The minimum absolute atomic E-state index is 0.00828. The number of sulfonamides is 1. The Hall–Kier alpha value is -0.660. The molecule has 31 heavy (non-hydrogen) atoms. The number of halogens is 5. The molecule has 0 atom stereocenters. The van der Waals surface area contributed by atoms with Crippen molar-refractivity contribution in [1.82, 2.24) is 4.31 Å². The fourth-order valence-electron chi connectivity index (χ4n) is 2.55. The van der Waals surface area contributed by atoms with Gasteiger partial charge >= 0.3 is 11.4 Å². The van der Waals surface area contributed by atoms with E-state index >= 15 is 0 Å². The van der Waals surface area contributed by atoms with Gasteiger partial charge in [-0.2, -0.15) is 43.1 Å². The molecular weight excluding hydrogens is 503 g/mol. The molecule has 10 nitrogen and oxygen atoms in total. The second-order valence-corrected chi connectivity index (χ2v) is 12.6. The monoisotopic (exact) mass is 529 g/mol. The minimum Gasteiger partial charge on any atom is -0.328 e. The quantitative estimate of drug-likeness (QED) is 0.191. The van der Waals surface area contributed by atoms with Crippen LogP contribution in [0.1, 0.15) is 19.3 Å². The highest BCUT2D eigenvalue weighted by Gasteiger charge is 2.68. The van der Waals surface area contributed by atoms with Gasteiger partial charge in [0.05, 0.1) is 38.7 Å². The highest BCUT2D eigenvalue weighted by Crippen LogP contribution is 2.41. The zero-order valence-electron chi connectivity index (χ0n) is 16.7. The zero-order valence-corrected chi connectivity index (χ0v) is 19.2. The van der Waals surface area contributed by atoms with Crippen LogP contribution in [0.25, 0.3) is 0 Å². The van der Waals surface area contributed by atoms with Crippen LogP contribution in [0, 0.1) is 0 Å². The molecule has 0 aromatic rings.